The number of benzene rings is 2. The maximum atomic E-state index is 2.29. The van der Waals surface area contributed by atoms with Crippen molar-refractivity contribution in [2.45, 2.75) is 24.3 Å². The monoisotopic (exact) mass is 242 g/mol. The van der Waals surface area contributed by atoms with Crippen LogP contribution < -0.4 is 0 Å². The van der Waals surface area contributed by atoms with E-state index in [-0.39, 0.29) is 4.75 Å². The molecule has 0 nitrogen and oxygen atoms in total. The van der Waals surface area contributed by atoms with E-state index in [0.29, 0.717) is 0 Å². The van der Waals surface area contributed by atoms with Crippen LogP contribution in [0.2, 0.25) is 0 Å². The Morgan fingerprint density at radius 2 is 1.35 bits per heavy atom. The first-order valence-corrected chi connectivity index (χ1v) is 6.90. The lowest BCUT2D eigenvalue weighted by molar-refractivity contribution is 0.781. The summed E-state index contributed by atoms with van der Waals surface area (Å²) in [5.41, 5.74) is 2.78. The van der Waals surface area contributed by atoms with Gasteiger partial charge in [0, 0.05) is 10.5 Å². The Balaban J connectivity index is 2.03. The highest BCUT2D eigenvalue weighted by Crippen LogP contribution is 2.37. The molecule has 17 heavy (non-hydrogen) atoms. The molecule has 0 fully saturated rings. The first kappa shape index (κ1) is 12.3. The average molecular weight is 242 g/mol. The molecule has 0 aliphatic carbocycles. The quantitative estimate of drug-likeness (QED) is 0.738. The van der Waals surface area contributed by atoms with Gasteiger partial charge in [-0.25, -0.2) is 0 Å². The van der Waals surface area contributed by atoms with Crippen LogP contribution in [-0.2, 0) is 10.5 Å². The fourth-order valence-corrected chi connectivity index (χ4v) is 2.78. The fraction of sp³-hybridized carbons (Fsp3) is 0.250. The van der Waals surface area contributed by atoms with E-state index >= 15 is 0 Å². The Morgan fingerprint density at radius 1 is 0.824 bits per heavy atom. The van der Waals surface area contributed by atoms with Crippen LogP contribution in [0.5, 0.6) is 0 Å². The second-order valence-electron chi connectivity index (χ2n) is 4.65. The molecule has 0 saturated carbocycles. The Hall–Kier alpha value is -1.21. The smallest absolute Gasteiger partial charge is 0.0355 e. The largest absolute Gasteiger partial charge is 0.146 e. The number of hydrogen-bond acceptors (Lipinski definition) is 1. The third kappa shape index (κ3) is 3.37. The highest BCUT2D eigenvalue weighted by Gasteiger charge is 2.20. The second-order valence-corrected chi connectivity index (χ2v) is 6.25. The van der Waals surface area contributed by atoms with Crippen LogP contribution >= 0.6 is 11.8 Å². The van der Waals surface area contributed by atoms with E-state index in [9.17, 15) is 0 Å². The minimum atomic E-state index is 0.164. The summed E-state index contributed by atoms with van der Waals surface area (Å²) >= 11 is 1.98. The molecule has 0 heterocycles. The van der Waals surface area contributed by atoms with Gasteiger partial charge >= 0.3 is 0 Å². The van der Waals surface area contributed by atoms with Crippen molar-refractivity contribution in [2.75, 3.05) is 0 Å². The first-order chi connectivity index (χ1) is 8.18. The van der Waals surface area contributed by atoms with E-state index in [2.05, 4.69) is 74.5 Å². The summed E-state index contributed by atoms with van der Waals surface area (Å²) in [7, 11) is 0. The van der Waals surface area contributed by atoms with Crippen LogP contribution in [0.15, 0.2) is 60.7 Å². The third-order valence-corrected chi connectivity index (χ3v) is 4.35. The molecule has 0 atom stereocenters. The number of thioether (sulfide) groups is 1. The van der Waals surface area contributed by atoms with E-state index in [1.807, 2.05) is 11.8 Å². The molecule has 2 aromatic rings. The summed E-state index contributed by atoms with van der Waals surface area (Å²) in [6.45, 7) is 4.58. The van der Waals surface area contributed by atoms with Crippen molar-refractivity contribution in [3.05, 3.63) is 71.8 Å². The Bertz CT molecular complexity index is 445. The predicted molar refractivity (Wildman–Crippen MR) is 77.2 cm³/mol. The van der Waals surface area contributed by atoms with Crippen molar-refractivity contribution in [1.29, 1.82) is 0 Å². The summed E-state index contributed by atoms with van der Waals surface area (Å²) in [6.07, 6.45) is 0. The normalized spacial score (nSPS) is 11.4. The van der Waals surface area contributed by atoms with E-state index in [1.54, 1.807) is 0 Å². The van der Waals surface area contributed by atoms with Crippen LogP contribution in [0, 0.1) is 0 Å². The van der Waals surface area contributed by atoms with Gasteiger partial charge in [0.05, 0.1) is 0 Å². The molecule has 0 spiro atoms. The van der Waals surface area contributed by atoms with Gasteiger partial charge in [-0.05, 0) is 25.0 Å². The summed E-state index contributed by atoms with van der Waals surface area (Å²) < 4.78 is 0.164. The fourth-order valence-electron chi connectivity index (χ4n) is 1.76. The SMILES string of the molecule is CC(C)(SCc1ccccc1)c1ccccc1. The Morgan fingerprint density at radius 3 is 1.94 bits per heavy atom. The van der Waals surface area contributed by atoms with Crippen LogP contribution in [-0.4, -0.2) is 0 Å². The standard InChI is InChI=1S/C16H18S/c1-16(2,15-11-7-4-8-12-15)17-13-14-9-5-3-6-10-14/h3-12H,13H2,1-2H3. The molecule has 0 aromatic heterocycles. The maximum Gasteiger partial charge on any atom is 0.0355 e. The molecular formula is C16H18S. The van der Waals surface area contributed by atoms with E-state index in [0.717, 1.165) is 5.75 Å². The van der Waals surface area contributed by atoms with Crippen molar-refractivity contribution >= 4 is 11.8 Å². The van der Waals surface area contributed by atoms with Crippen LogP contribution in [0.3, 0.4) is 0 Å². The second kappa shape index (κ2) is 5.42. The van der Waals surface area contributed by atoms with Crippen molar-refractivity contribution in [2.24, 2.45) is 0 Å². The lowest BCUT2D eigenvalue weighted by Crippen LogP contribution is -2.11. The van der Waals surface area contributed by atoms with Crippen molar-refractivity contribution in [3.8, 4) is 0 Å². The summed E-state index contributed by atoms with van der Waals surface area (Å²) in [5.74, 6) is 1.06. The molecule has 0 radical (unpaired) electrons. The molecule has 0 aliphatic rings. The number of hydrogen-bond donors (Lipinski definition) is 0. The van der Waals surface area contributed by atoms with Gasteiger partial charge in [0.2, 0.25) is 0 Å². The Kier molecular flexibility index (Phi) is 3.90. The van der Waals surface area contributed by atoms with E-state index in [4.69, 9.17) is 0 Å². The molecule has 0 amide bonds. The first-order valence-electron chi connectivity index (χ1n) is 5.92. The molecule has 2 aromatic carbocycles. The minimum Gasteiger partial charge on any atom is -0.146 e. The molecule has 0 saturated heterocycles. The topological polar surface area (TPSA) is 0 Å². The zero-order valence-electron chi connectivity index (χ0n) is 10.4. The highest BCUT2D eigenvalue weighted by molar-refractivity contribution is 7.99. The predicted octanol–water partition coefficient (Wildman–Crippen LogP) is 4.86. The van der Waals surface area contributed by atoms with Crippen molar-refractivity contribution < 1.29 is 0 Å². The lowest BCUT2D eigenvalue weighted by atomic mass is 10.0. The van der Waals surface area contributed by atoms with Gasteiger partial charge in [-0.2, -0.15) is 0 Å². The number of rotatable bonds is 4. The van der Waals surface area contributed by atoms with Gasteiger partial charge in [-0.1, -0.05) is 60.7 Å². The molecule has 0 bridgehead atoms. The van der Waals surface area contributed by atoms with Crippen molar-refractivity contribution in [3.63, 3.8) is 0 Å². The van der Waals surface area contributed by atoms with E-state index in [1.165, 1.54) is 11.1 Å². The van der Waals surface area contributed by atoms with Gasteiger partial charge < -0.3 is 0 Å². The minimum absolute atomic E-state index is 0.164. The van der Waals surface area contributed by atoms with Gasteiger partial charge in [-0.15, -0.1) is 11.8 Å². The zero-order chi connectivity index (χ0) is 12.1. The van der Waals surface area contributed by atoms with Crippen LogP contribution in [0.1, 0.15) is 25.0 Å². The lowest BCUT2D eigenvalue weighted by Gasteiger charge is -2.24. The highest BCUT2D eigenvalue weighted by atomic mass is 32.2. The molecular weight excluding hydrogens is 224 g/mol. The molecule has 88 valence electrons. The summed E-state index contributed by atoms with van der Waals surface area (Å²) in [6, 6.07) is 21.4. The van der Waals surface area contributed by atoms with Gasteiger partial charge in [-0.3, -0.25) is 0 Å². The van der Waals surface area contributed by atoms with Gasteiger partial charge in [0.15, 0.2) is 0 Å². The average Bonchev–Trinajstić information content (AvgIpc) is 2.39. The van der Waals surface area contributed by atoms with Crippen LogP contribution in [0.25, 0.3) is 0 Å². The summed E-state index contributed by atoms with van der Waals surface area (Å²) in [4.78, 5) is 0. The molecule has 2 rings (SSSR count). The van der Waals surface area contributed by atoms with E-state index < -0.39 is 0 Å². The zero-order valence-corrected chi connectivity index (χ0v) is 11.2. The van der Waals surface area contributed by atoms with Gasteiger partial charge in [0.25, 0.3) is 0 Å². The van der Waals surface area contributed by atoms with Crippen molar-refractivity contribution in [1.82, 2.24) is 0 Å². The molecule has 0 N–H and O–H groups in total. The molecule has 0 aliphatic heterocycles. The third-order valence-electron chi connectivity index (χ3n) is 2.91. The maximum absolute atomic E-state index is 2.29. The summed E-state index contributed by atoms with van der Waals surface area (Å²) in [5, 5.41) is 0. The molecule has 1 heteroatoms. The Labute approximate surface area is 108 Å². The molecule has 0 unspecified atom stereocenters. The van der Waals surface area contributed by atoms with Gasteiger partial charge in [0.1, 0.15) is 0 Å². The van der Waals surface area contributed by atoms with Crippen LogP contribution in [0.4, 0.5) is 0 Å².